The van der Waals surface area contributed by atoms with Crippen LogP contribution in [0.2, 0.25) is 0 Å². The number of carbonyl (C=O) groups is 1. The van der Waals surface area contributed by atoms with E-state index >= 15 is 0 Å². The predicted molar refractivity (Wildman–Crippen MR) is 102 cm³/mol. The Balaban J connectivity index is 1.52. The average Bonchev–Trinajstić information content (AvgIpc) is 3.24. The maximum Gasteiger partial charge on any atom is 0.419 e. The van der Waals surface area contributed by atoms with Gasteiger partial charge in [-0.3, -0.25) is 19.5 Å². The molecule has 0 bridgehead atoms. The van der Waals surface area contributed by atoms with Crippen molar-refractivity contribution in [3.05, 3.63) is 54.9 Å². The predicted octanol–water partition coefficient (Wildman–Crippen LogP) is 3.44. The van der Waals surface area contributed by atoms with Crippen LogP contribution >= 0.6 is 11.3 Å². The van der Waals surface area contributed by atoms with E-state index in [9.17, 15) is 19.7 Å². The van der Waals surface area contributed by atoms with E-state index in [0.29, 0.717) is 11.9 Å². The number of nitrogens with zero attached hydrogens (tertiary/aromatic N) is 3. The standard InChI is InChI=1S/C18H19N3O6S/c1-2-4-16-19-12(11-28-16)10-26-17(22)5-3-8-20-14-7-6-13(21(24)25)9-15(14)27-18(20)23/h6-7,9,11H,2-5,8,10H2,1H3. The van der Waals surface area contributed by atoms with E-state index < -0.39 is 10.7 Å². The highest BCUT2D eigenvalue weighted by Crippen LogP contribution is 2.20. The second-order valence-corrected chi connectivity index (χ2v) is 7.12. The summed E-state index contributed by atoms with van der Waals surface area (Å²) in [5, 5.41) is 13.7. The molecule has 0 N–H and O–H groups in total. The number of carbonyl (C=O) groups excluding carboxylic acids is 1. The molecule has 0 spiro atoms. The Bertz CT molecular complexity index is 1050. The second kappa shape index (κ2) is 8.79. The van der Waals surface area contributed by atoms with Gasteiger partial charge in [0, 0.05) is 24.4 Å². The van der Waals surface area contributed by atoms with Crippen molar-refractivity contribution in [2.45, 2.75) is 45.8 Å². The summed E-state index contributed by atoms with van der Waals surface area (Å²) < 4.78 is 11.6. The number of nitro benzene ring substituents is 1. The summed E-state index contributed by atoms with van der Waals surface area (Å²) in [7, 11) is 0. The van der Waals surface area contributed by atoms with Crippen LogP contribution < -0.4 is 5.76 Å². The average molecular weight is 405 g/mol. The molecule has 10 heteroatoms. The molecule has 0 saturated carbocycles. The van der Waals surface area contributed by atoms with Crippen molar-refractivity contribution in [2.24, 2.45) is 0 Å². The van der Waals surface area contributed by atoms with Crippen molar-refractivity contribution in [2.75, 3.05) is 0 Å². The molecule has 0 unspecified atom stereocenters. The smallest absolute Gasteiger partial charge is 0.419 e. The fourth-order valence-corrected chi connectivity index (χ4v) is 3.62. The minimum Gasteiger partial charge on any atom is -0.459 e. The largest absolute Gasteiger partial charge is 0.459 e. The van der Waals surface area contributed by atoms with Gasteiger partial charge in [0.2, 0.25) is 0 Å². The molecule has 148 valence electrons. The van der Waals surface area contributed by atoms with Crippen molar-refractivity contribution in [1.29, 1.82) is 0 Å². The Morgan fingerprint density at radius 1 is 1.43 bits per heavy atom. The normalized spacial score (nSPS) is 11.0. The Morgan fingerprint density at radius 3 is 3.00 bits per heavy atom. The number of hydrogen-bond acceptors (Lipinski definition) is 8. The number of oxazole rings is 1. The number of fused-ring (bicyclic) bond motifs is 1. The van der Waals surface area contributed by atoms with Gasteiger partial charge in [0.05, 0.1) is 27.2 Å². The number of benzene rings is 1. The fourth-order valence-electron chi connectivity index (χ4n) is 2.73. The zero-order chi connectivity index (χ0) is 20.1. The molecule has 9 nitrogen and oxygen atoms in total. The maximum absolute atomic E-state index is 12.0. The number of aromatic nitrogens is 2. The molecule has 3 aromatic rings. The lowest BCUT2D eigenvalue weighted by atomic mass is 10.2. The van der Waals surface area contributed by atoms with Gasteiger partial charge in [-0.25, -0.2) is 9.78 Å². The molecule has 0 aliphatic carbocycles. The van der Waals surface area contributed by atoms with Crippen LogP contribution in [-0.2, 0) is 29.1 Å². The molecule has 1 aromatic carbocycles. The first-order chi connectivity index (χ1) is 13.5. The molecule has 0 atom stereocenters. The van der Waals surface area contributed by atoms with Gasteiger partial charge < -0.3 is 9.15 Å². The molecule has 0 amide bonds. The minimum atomic E-state index is -0.616. The lowest BCUT2D eigenvalue weighted by Crippen LogP contribution is -2.15. The van der Waals surface area contributed by atoms with Crippen LogP contribution in [0.5, 0.6) is 0 Å². The van der Waals surface area contributed by atoms with E-state index in [-0.39, 0.29) is 36.8 Å². The minimum absolute atomic E-state index is 0.136. The van der Waals surface area contributed by atoms with Gasteiger partial charge in [0.1, 0.15) is 6.61 Å². The molecule has 28 heavy (non-hydrogen) atoms. The van der Waals surface area contributed by atoms with Gasteiger partial charge in [0.15, 0.2) is 5.58 Å². The summed E-state index contributed by atoms with van der Waals surface area (Å²) in [5.74, 6) is -0.990. The third kappa shape index (κ3) is 4.63. The first-order valence-electron chi connectivity index (χ1n) is 8.84. The molecule has 2 aromatic heterocycles. The summed E-state index contributed by atoms with van der Waals surface area (Å²) in [5.41, 5.74) is 1.18. The topological polar surface area (TPSA) is 117 Å². The molecule has 0 fully saturated rings. The Hall–Kier alpha value is -3.01. The summed E-state index contributed by atoms with van der Waals surface area (Å²) in [6.45, 7) is 2.46. The van der Waals surface area contributed by atoms with Gasteiger partial charge in [-0.2, -0.15) is 0 Å². The Kier molecular flexibility index (Phi) is 6.19. The zero-order valence-corrected chi connectivity index (χ0v) is 16.1. The third-order valence-electron chi connectivity index (χ3n) is 4.07. The van der Waals surface area contributed by atoms with E-state index in [1.165, 1.54) is 22.8 Å². The number of esters is 1. The molecule has 0 aliphatic rings. The Morgan fingerprint density at radius 2 is 2.25 bits per heavy atom. The highest BCUT2D eigenvalue weighted by Gasteiger charge is 2.14. The van der Waals surface area contributed by atoms with E-state index in [1.807, 2.05) is 5.38 Å². The number of rotatable bonds is 9. The second-order valence-electron chi connectivity index (χ2n) is 6.18. The molecule has 0 saturated heterocycles. The van der Waals surface area contributed by atoms with Crippen LogP contribution in [0.4, 0.5) is 5.69 Å². The number of ether oxygens (including phenoxy) is 1. The number of nitro groups is 1. The first kappa shape index (κ1) is 19.7. The van der Waals surface area contributed by atoms with E-state index in [2.05, 4.69) is 11.9 Å². The third-order valence-corrected chi connectivity index (χ3v) is 5.03. The van der Waals surface area contributed by atoms with Gasteiger partial charge >= 0.3 is 11.7 Å². The van der Waals surface area contributed by atoms with Crippen LogP contribution in [0.25, 0.3) is 11.1 Å². The fraction of sp³-hybridized carbons (Fsp3) is 0.389. The summed E-state index contributed by atoms with van der Waals surface area (Å²) in [6, 6.07) is 3.98. The van der Waals surface area contributed by atoms with E-state index in [1.54, 1.807) is 11.3 Å². The van der Waals surface area contributed by atoms with Crippen LogP contribution in [0.15, 0.2) is 32.8 Å². The summed E-state index contributed by atoms with van der Waals surface area (Å²) in [4.78, 5) is 38.5. The van der Waals surface area contributed by atoms with Crippen molar-refractivity contribution >= 4 is 34.1 Å². The molecule has 0 radical (unpaired) electrons. The maximum atomic E-state index is 12.0. The number of non-ortho nitro benzene ring substituents is 1. The van der Waals surface area contributed by atoms with Crippen molar-refractivity contribution < 1.29 is 18.9 Å². The van der Waals surface area contributed by atoms with Crippen LogP contribution in [0.1, 0.15) is 36.9 Å². The molecule has 0 aliphatic heterocycles. The Labute approximate surface area is 163 Å². The van der Waals surface area contributed by atoms with Gasteiger partial charge in [-0.05, 0) is 25.3 Å². The van der Waals surface area contributed by atoms with Crippen LogP contribution in [-0.4, -0.2) is 20.4 Å². The lowest BCUT2D eigenvalue weighted by molar-refractivity contribution is -0.384. The first-order valence-corrected chi connectivity index (χ1v) is 9.72. The summed E-state index contributed by atoms with van der Waals surface area (Å²) in [6.07, 6.45) is 2.44. The number of thiazole rings is 1. The summed E-state index contributed by atoms with van der Waals surface area (Å²) >= 11 is 1.55. The van der Waals surface area contributed by atoms with Crippen molar-refractivity contribution in [1.82, 2.24) is 9.55 Å². The van der Waals surface area contributed by atoms with E-state index in [4.69, 9.17) is 9.15 Å². The van der Waals surface area contributed by atoms with Gasteiger partial charge in [-0.15, -0.1) is 11.3 Å². The lowest BCUT2D eigenvalue weighted by Gasteiger charge is -2.04. The van der Waals surface area contributed by atoms with Crippen LogP contribution in [0.3, 0.4) is 0 Å². The quantitative estimate of drug-likeness (QED) is 0.304. The highest BCUT2D eigenvalue weighted by atomic mass is 32.1. The number of hydrogen-bond donors (Lipinski definition) is 0. The molecular formula is C18H19N3O6S. The number of aryl methyl sites for hydroxylation is 2. The molecular weight excluding hydrogens is 386 g/mol. The van der Waals surface area contributed by atoms with Crippen molar-refractivity contribution in [3.63, 3.8) is 0 Å². The molecule has 3 rings (SSSR count). The highest BCUT2D eigenvalue weighted by molar-refractivity contribution is 7.09. The van der Waals surface area contributed by atoms with Crippen molar-refractivity contribution in [3.8, 4) is 0 Å². The SMILES string of the molecule is CCCc1nc(COC(=O)CCCn2c(=O)oc3cc([N+](=O)[O-])ccc32)cs1. The monoisotopic (exact) mass is 405 g/mol. The van der Waals surface area contributed by atoms with Gasteiger partial charge in [-0.1, -0.05) is 6.92 Å². The molecule has 2 heterocycles. The van der Waals surface area contributed by atoms with Gasteiger partial charge in [0.25, 0.3) is 5.69 Å². The zero-order valence-electron chi connectivity index (χ0n) is 15.3. The van der Waals surface area contributed by atoms with Crippen LogP contribution in [0, 0.1) is 10.1 Å². The van der Waals surface area contributed by atoms with E-state index in [0.717, 1.165) is 23.5 Å².